The van der Waals surface area contributed by atoms with E-state index >= 15 is 0 Å². The number of carbonyl (C=O) groups excluding carboxylic acids is 2. The molecular formula is C14H15F4O8S-. The van der Waals surface area contributed by atoms with Crippen LogP contribution in [0, 0.1) is 17.8 Å². The van der Waals surface area contributed by atoms with Crippen LogP contribution in [-0.2, 0) is 33.9 Å². The first-order chi connectivity index (χ1) is 12.3. The van der Waals surface area contributed by atoms with Gasteiger partial charge in [-0.25, -0.2) is 8.42 Å². The number of esters is 2. The Bertz CT molecular complexity index is 739. The van der Waals surface area contributed by atoms with Crippen molar-refractivity contribution in [1.29, 1.82) is 0 Å². The van der Waals surface area contributed by atoms with E-state index in [1.807, 2.05) is 0 Å². The Kier molecular flexibility index (Phi) is 4.92. The third-order valence-corrected chi connectivity index (χ3v) is 6.08. The van der Waals surface area contributed by atoms with Gasteiger partial charge in [0.15, 0.2) is 10.1 Å². The highest BCUT2D eigenvalue weighted by atomic mass is 32.2. The zero-order valence-electron chi connectivity index (χ0n) is 13.6. The molecule has 0 aromatic carbocycles. The number of ether oxygens (including phenoxy) is 3. The normalized spacial score (nSPS) is 33.1. The molecule has 3 fully saturated rings. The average Bonchev–Trinajstić information content (AvgIpc) is 3.22. The van der Waals surface area contributed by atoms with Crippen LogP contribution in [0.15, 0.2) is 0 Å². The summed E-state index contributed by atoms with van der Waals surface area (Å²) < 4.78 is 98.8. The molecule has 8 nitrogen and oxygen atoms in total. The fourth-order valence-corrected chi connectivity index (χ4v) is 4.21. The summed E-state index contributed by atoms with van der Waals surface area (Å²) in [5.41, 5.74) is 0. The van der Waals surface area contributed by atoms with E-state index in [2.05, 4.69) is 0 Å². The quantitative estimate of drug-likeness (QED) is 0.335. The van der Waals surface area contributed by atoms with Crippen LogP contribution in [0.25, 0.3) is 0 Å². The third kappa shape index (κ3) is 3.40. The van der Waals surface area contributed by atoms with Crippen LogP contribution in [0.3, 0.4) is 0 Å². The topological polar surface area (TPSA) is 119 Å². The van der Waals surface area contributed by atoms with E-state index in [4.69, 9.17) is 14.2 Å². The van der Waals surface area contributed by atoms with Crippen LogP contribution >= 0.6 is 0 Å². The van der Waals surface area contributed by atoms with Gasteiger partial charge in [0.25, 0.3) is 0 Å². The first-order valence-electron chi connectivity index (χ1n) is 8.04. The van der Waals surface area contributed by atoms with Crippen LogP contribution in [-0.4, -0.2) is 61.5 Å². The molecule has 0 aromatic heterocycles. The minimum absolute atomic E-state index is 0.0654. The minimum Gasteiger partial charge on any atom is -0.743 e. The number of halogens is 4. The summed E-state index contributed by atoms with van der Waals surface area (Å²) in [6.07, 6.45) is -3.38. The summed E-state index contributed by atoms with van der Waals surface area (Å²) in [5.74, 6) is -7.80. The van der Waals surface area contributed by atoms with Gasteiger partial charge < -0.3 is 18.8 Å². The molecule has 154 valence electrons. The van der Waals surface area contributed by atoms with Gasteiger partial charge in [-0.2, -0.15) is 17.6 Å². The van der Waals surface area contributed by atoms with Gasteiger partial charge in [-0.3, -0.25) is 9.59 Å². The van der Waals surface area contributed by atoms with Gasteiger partial charge in [0.05, 0.1) is 37.8 Å². The summed E-state index contributed by atoms with van der Waals surface area (Å²) in [6.45, 7) is -0.0125. The lowest BCUT2D eigenvalue weighted by molar-refractivity contribution is -0.172. The van der Waals surface area contributed by atoms with Crippen molar-refractivity contribution in [2.75, 3.05) is 13.2 Å². The Morgan fingerprint density at radius 1 is 1.30 bits per heavy atom. The molecule has 3 rings (SSSR count). The molecule has 5 atom stereocenters. The zero-order valence-corrected chi connectivity index (χ0v) is 14.4. The predicted molar refractivity (Wildman–Crippen MR) is 74.5 cm³/mol. The summed E-state index contributed by atoms with van der Waals surface area (Å²) in [5, 5.41) is -5.84. The maximum absolute atomic E-state index is 13.3. The Labute approximate surface area is 150 Å². The Balaban J connectivity index is 1.49. The lowest BCUT2D eigenvalue weighted by Gasteiger charge is -2.28. The summed E-state index contributed by atoms with van der Waals surface area (Å²) in [4.78, 5) is 23.2. The van der Waals surface area contributed by atoms with Crippen LogP contribution in [0.5, 0.6) is 0 Å². The van der Waals surface area contributed by atoms with Gasteiger partial charge >= 0.3 is 23.1 Å². The van der Waals surface area contributed by atoms with Crippen LogP contribution < -0.4 is 0 Å². The molecule has 0 saturated carbocycles. The molecule has 0 radical (unpaired) electrons. The van der Waals surface area contributed by atoms with Crippen molar-refractivity contribution in [1.82, 2.24) is 0 Å². The maximum atomic E-state index is 13.3. The minimum atomic E-state index is -6.60. The Hall–Kier alpha value is -1.47. The molecule has 0 aliphatic carbocycles. The molecule has 2 bridgehead atoms. The van der Waals surface area contributed by atoms with Crippen LogP contribution in [0.1, 0.15) is 19.3 Å². The molecule has 3 heterocycles. The average molecular weight is 419 g/mol. The third-order valence-electron chi connectivity index (χ3n) is 5.16. The first kappa shape index (κ1) is 20.3. The standard InChI is InChI=1S/C14H16F4O8S/c15-13(16,14(17,18)27(21,22)23)2-1-9(19)24-4-6-3-8-7-5-25-12(20)10(7)11(6)26-8/h6-8,10-11H,1-5H2,(H,21,22,23)/p-1. The van der Waals surface area contributed by atoms with Crippen LogP contribution in [0.2, 0.25) is 0 Å². The van der Waals surface area contributed by atoms with E-state index in [-0.39, 0.29) is 31.2 Å². The molecule has 3 aliphatic heterocycles. The fraction of sp³-hybridized carbons (Fsp3) is 0.857. The lowest BCUT2D eigenvalue weighted by atomic mass is 9.76. The van der Waals surface area contributed by atoms with Gasteiger partial charge in [-0.05, 0) is 6.42 Å². The SMILES string of the molecule is O=C(CCC(F)(F)C(F)(F)S(=O)(=O)[O-])OCC1CC2OC1C1C(=O)OCC21. The Morgan fingerprint density at radius 2 is 1.96 bits per heavy atom. The largest absolute Gasteiger partial charge is 0.743 e. The molecule has 3 saturated heterocycles. The van der Waals surface area contributed by atoms with E-state index in [1.54, 1.807) is 0 Å². The molecule has 13 heteroatoms. The number of cyclic esters (lactones) is 1. The van der Waals surface area contributed by atoms with E-state index in [0.29, 0.717) is 6.42 Å². The van der Waals surface area contributed by atoms with Crippen LogP contribution in [0.4, 0.5) is 17.6 Å². The van der Waals surface area contributed by atoms with Crippen molar-refractivity contribution < 1.29 is 54.3 Å². The Morgan fingerprint density at radius 3 is 2.59 bits per heavy atom. The second-order valence-corrected chi connectivity index (χ2v) is 8.23. The molecule has 27 heavy (non-hydrogen) atoms. The fourth-order valence-electron chi connectivity index (χ4n) is 3.75. The number of rotatable bonds is 7. The molecule has 3 aliphatic rings. The number of hydrogen-bond donors (Lipinski definition) is 0. The van der Waals surface area contributed by atoms with Gasteiger partial charge in [0, 0.05) is 18.3 Å². The predicted octanol–water partition coefficient (Wildman–Crippen LogP) is 0.660. The second-order valence-electron chi connectivity index (χ2n) is 6.81. The number of alkyl halides is 4. The van der Waals surface area contributed by atoms with E-state index in [9.17, 15) is 40.1 Å². The van der Waals surface area contributed by atoms with Crippen molar-refractivity contribution in [2.45, 2.75) is 42.6 Å². The first-order valence-corrected chi connectivity index (χ1v) is 9.45. The van der Waals surface area contributed by atoms with E-state index in [0.717, 1.165) is 0 Å². The molecule has 0 spiro atoms. The summed E-state index contributed by atoms with van der Waals surface area (Å²) >= 11 is 0. The van der Waals surface area contributed by atoms with Gasteiger partial charge in [0.1, 0.15) is 0 Å². The highest BCUT2D eigenvalue weighted by molar-refractivity contribution is 7.86. The highest BCUT2D eigenvalue weighted by Gasteiger charge is 2.62. The monoisotopic (exact) mass is 419 g/mol. The number of hydrogen-bond acceptors (Lipinski definition) is 8. The summed E-state index contributed by atoms with van der Waals surface area (Å²) in [6, 6.07) is 0. The second kappa shape index (κ2) is 6.55. The van der Waals surface area contributed by atoms with Crippen molar-refractivity contribution >= 4 is 22.1 Å². The van der Waals surface area contributed by atoms with Crippen molar-refractivity contribution in [3.8, 4) is 0 Å². The van der Waals surface area contributed by atoms with Crippen molar-refractivity contribution in [3.05, 3.63) is 0 Å². The van der Waals surface area contributed by atoms with E-state index in [1.165, 1.54) is 0 Å². The van der Waals surface area contributed by atoms with Gasteiger partial charge in [-0.15, -0.1) is 0 Å². The van der Waals surface area contributed by atoms with Gasteiger partial charge in [0.2, 0.25) is 0 Å². The maximum Gasteiger partial charge on any atom is 0.396 e. The number of fused-ring (bicyclic) bond motifs is 5. The smallest absolute Gasteiger partial charge is 0.396 e. The molecule has 0 aromatic rings. The zero-order chi connectivity index (χ0) is 20.2. The van der Waals surface area contributed by atoms with Gasteiger partial charge in [-0.1, -0.05) is 0 Å². The molecule has 5 unspecified atom stereocenters. The highest BCUT2D eigenvalue weighted by Crippen LogP contribution is 2.50. The molecule has 0 amide bonds. The summed E-state index contributed by atoms with van der Waals surface area (Å²) in [7, 11) is -6.60. The number of carbonyl (C=O) groups is 2. The molecule has 0 N–H and O–H groups in total. The van der Waals surface area contributed by atoms with Crippen molar-refractivity contribution in [2.24, 2.45) is 17.8 Å². The van der Waals surface area contributed by atoms with Crippen molar-refractivity contribution in [3.63, 3.8) is 0 Å². The van der Waals surface area contributed by atoms with E-state index < -0.39 is 58.1 Å². The molecular weight excluding hydrogens is 404 g/mol. The lowest BCUT2D eigenvalue weighted by Crippen LogP contribution is -2.47.